The molecule has 0 aliphatic carbocycles. The molecule has 2 rings (SSSR count). The molecule has 150 valence electrons. The maximum Gasteiger partial charge on any atom is 0.243 e. The van der Waals surface area contributed by atoms with E-state index in [1.165, 1.54) is 0 Å². The quantitative estimate of drug-likeness (QED) is 0.780. The maximum atomic E-state index is 13.2. The van der Waals surface area contributed by atoms with Crippen LogP contribution < -0.4 is 5.32 Å². The standard InChI is InChI=1S/C24H32N2O2/c1-6-22(27)26(17-20-15-11-10-12-18(20)2)21(23(28)25-24(3,4)5)16-19-13-8-7-9-14-19/h7-15,21H,6,16-17H2,1-5H3,(H,25,28). The second-order valence-electron chi connectivity index (χ2n) is 8.25. The van der Waals surface area contributed by atoms with E-state index in [1.54, 1.807) is 4.90 Å². The first-order valence-corrected chi connectivity index (χ1v) is 9.91. The van der Waals surface area contributed by atoms with Crippen LogP contribution in [0.2, 0.25) is 0 Å². The molecule has 4 heteroatoms. The molecule has 0 aliphatic heterocycles. The molecule has 0 saturated heterocycles. The van der Waals surface area contributed by atoms with E-state index in [-0.39, 0.29) is 17.4 Å². The Labute approximate surface area is 169 Å². The Morgan fingerprint density at radius 1 is 1.00 bits per heavy atom. The fourth-order valence-electron chi connectivity index (χ4n) is 3.18. The molecular formula is C24H32N2O2. The number of hydrogen-bond acceptors (Lipinski definition) is 2. The van der Waals surface area contributed by atoms with Gasteiger partial charge in [-0.1, -0.05) is 61.5 Å². The molecule has 0 saturated carbocycles. The predicted molar refractivity (Wildman–Crippen MR) is 114 cm³/mol. The second kappa shape index (κ2) is 9.54. The lowest BCUT2D eigenvalue weighted by atomic mass is 9.99. The molecule has 0 spiro atoms. The Morgan fingerprint density at radius 2 is 1.61 bits per heavy atom. The summed E-state index contributed by atoms with van der Waals surface area (Å²) < 4.78 is 0. The lowest BCUT2D eigenvalue weighted by Crippen LogP contribution is -2.54. The van der Waals surface area contributed by atoms with Crippen LogP contribution in [-0.2, 0) is 22.6 Å². The monoisotopic (exact) mass is 380 g/mol. The van der Waals surface area contributed by atoms with Crippen LogP contribution in [-0.4, -0.2) is 28.3 Å². The van der Waals surface area contributed by atoms with E-state index in [9.17, 15) is 9.59 Å². The molecule has 1 unspecified atom stereocenters. The van der Waals surface area contributed by atoms with E-state index < -0.39 is 6.04 Å². The summed E-state index contributed by atoms with van der Waals surface area (Å²) in [7, 11) is 0. The van der Waals surface area contributed by atoms with Crippen molar-refractivity contribution in [3.63, 3.8) is 0 Å². The van der Waals surface area contributed by atoms with Gasteiger partial charge in [-0.05, 0) is 44.4 Å². The van der Waals surface area contributed by atoms with Gasteiger partial charge in [0.05, 0.1) is 0 Å². The predicted octanol–water partition coefficient (Wildman–Crippen LogP) is 4.26. The van der Waals surface area contributed by atoms with Crippen LogP contribution in [0.25, 0.3) is 0 Å². The molecule has 0 fully saturated rings. The van der Waals surface area contributed by atoms with Gasteiger partial charge in [-0.25, -0.2) is 0 Å². The van der Waals surface area contributed by atoms with Crippen LogP contribution in [0.5, 0.6) is 0 Å². The molecule has 1 N–H and O–H groups in total. The lowest BCUT2D eigenvalue weighted by molar-refractivity contribution is -0.141. The fraction of sp³-hybridized carbons (Fsp3) is 0.417. The normalized spacial score (nSPS) is 12.3. The molecule has 2 aromatic carbocycles. The van der Waals surface area contributed by atoms with Gasteiger partial charge in [-0.3, -0.25) is 9.59 Å². The highest BCUT2D eigenvalue weighted by molar-refractivity contribution is 5.88. The smallest absolute Gasteiger partial charge is 0.243 e. The molecule has 28 heavy (non-hydrogen) atoms. The van der Waals surface area contributed by atoms with Gasteiger partial charge in [-0.15, -0.1) is 0 Å². The molecular weight excluding hydrogens is 348 g/mol. The van der Waals surface area contributed by atoms with E-state index >= 15 is 0 Å². The van der Waals surface area contributed by atoms with Crippen molar-refractivity contribution in [2.24, 2.45) is 0 Å². The molecule has 0 heterocycles. The molecule has 1 atom stereocenters. The van der Waals surface area contributed by atoms with Gasteiger partial charge >= 0.3 is 0 Å². The number of carbonyl (C=O) groups is 2. The van der Waals surface area contributed by atoms with Crippen molar-refractivity contribution in [1.82, 2.24) is 10.2 Å². The van der Waals surface area contributed by atoms with Gasteiger partial charge in [0.2, 0.25) is 11.8 Å². The van der Waals surface area contributed by atoms with Gasteiger partial charge in [-0.2, -0.15) is 0 Å². The number of benzene rings is 2. The number of rotatable bonds is 7. The molecule has 2 amide bonds. The minimum Gasteiger partial charge on any atom is -0.350 e. The largest absolute Gasteiger partial charge is 0.350 e. The zero-order valence-corrected chi connectivity index (χ0v) is 17.7. The summed E-state index contributed by atoms with van der Waals surface area (Å²) in [6.07, 6.45) is 0.848. The highest BCUT2D eigenvalue weighted by Crippen LogP contribution is 2.18. The van der Waals surface area contributed by atoms with Crippen molar-refractivity contribution in [3.05, 3.63) is 71.3 Å². The number of nitrogens with zero attached hydrogens (tertiary/aromatic N) is 1. The summed E-state index contributed by atoms with van der Waals surface area (Å²) in [5.41, 5.74) is 2.85. The van der Waals surface area contributed by atoms with Crippen molar-refractivity contribution in [3.8, 4) is 0 Å². The van der Waals surface area contributed by atoms with Gasteiger partial charge in [0.15, 0.2) is 0 Å². The van der Waals surface area contributed by atoms with Gasteiger partial charge < -0.3 is 10.2 Å². The Balaban J connectivity index is 2.40. The molecule has 2 aromatic rings. The third-order valence-corrected chi connectivity index (χ3v) is 4.67. The summed E-state index contributed by atoms with van der Waals surface area (Å²) in [5, 5.41) is 3.07. The van der Waals surface area contributed by atoms with E-state index in [0.717, 1.165) is 16.7 Å². The van der Waals surface area contributed by atoms with Crippen LogP contribution in [0.4, 0.5) is 0 Å². The second-order valence-corrected chi connectivity index (χ2v) is 8.25. The first-order chi connectivity index (χ1) is 13.2. The van der Waals surface area contributed by atoms with Crippen molar-refractivity contribution >= 4 is 11.8 Å². The minimum atomic E-state index is -0.561. The summed E-state index contributed by atoms with van der Waals surface area (Å²) in [6.45, 7) is 10.2. The van der Waals surface area contributed by atoms with Crippen LogP contribution in [0, 0.1) is 6.92 Å². The topological polar surface area (TPSA) is 49.4 Å². The van der Waals surface area contributed by atoms with Gasteiger partial charge in [0.25, 0.3) is 0 Å². The van der Waals surface area contributed by atoms with Crippen molar-refractivity contribution in [1.29, 1.82) is 0 Å². The first kappa shape index (κ1) is 21.7. The Hall–Kier alpha value is -2.62. The summed E-state index contributed by atoms with van der Waals surface area (Å²) in [6, 6.07) is 17.3. The van der Waals surface area contributed by atoms with Crippen LogP contribution in [0.1, 0.15) is 50.8 Å². The molecule has 0 bridgehead atoms. The average Bonchev–Trinajstić information content (AvgIpc) is 2.64. The zero-order chi connectivity index (χ0) is 20.7. The number of carbonyl (C=O) groups excluding carboxylic acids is 2. The average molecular weight is 381 g/mol. The Kier molecular flexibility index (Phi) is 7.38. The first-order valence-electron chi connectivity index (χ1n) is 9.91. The van der Waals surface area contributed by atoms with Crippen molar-refractivity contribution in [2.45, 2.75) is 65.6 Å². The van der Waals surface area contributed by atoms with E-state index in [2.05, 4.69) is 5.32 Å². The summed E-state index contributed by atoms with van der Waals surface area (Å²) >= 11 is 0. The van der Waals surface area contributed by atoms with Crippen LogP contribution >= 0.6 is 0 Å². The third kappa shape index (κ3) is 6.22. The van der Waals surface area contributed by atoms with Crippen molar-refractivity contribution < 1.29 is 9.59 Å². The van der Waals surface area contributed by atoms with E-state index in [4.69, 9.17) is 0 Å². The summed E-state index contributed by atoms with van der Waals surface area (Å²) in [4.78, 5) is 27.8. The minimum absolute atomic E-state index is 0.0201. The van der Waals surface area contributed by atoms with Gasteiger partial charge in [0.1, 0.15) is 6.04 Å². The fourth-order valence-corrected chi connectivity index (χ4v) is 3.18. The molecule has 0 aromatic heterocycles. The molecule has 4 nitrogen and oxygen atoms in total. The van der Waals surface area contributed by atoms with Crippen LogP contribution in [0.15, 0.2) is 54.6 Å². The number of nitrogens with one attached hydrogen (secondary N) is 1. The highest BCUT2D eigenvalue weighted by atomic mass is 16.2. The lowest BCUT2D eigenvalue weighted by Gasteiger charge is -2.34. The molecule has 0 aliphatic rings. The maximum absolute atomic E-state index is 13.2. The zero-order valence-electron chi connectivity index (χ0n) is 17.7. The summed E-state index contributed by atoms with van der Waals surface area (Å²) in [5.74, 6) is -0.139. The van der Waals surface area contributed by atoms with E-state index in [0.29, 0.717) is 19.4 Å². The SMILES string of the molecule is CCC(=O)N(Cc1ccccc1C)C(Cc1ccccc1)C(=O)NC(C)(C)C. The Bertz CT molecular complexity index is 794. The van der Waals surface area contributed by atoms with Gasteiger partial charge in [0, 0.05) is 24.9 Å². The van der Waals surface area contributed by atoms with Crippen molar-refractivity contribution in [2.75, 3.05) is 0 Å². The number of aryl methyl sites for hydroxylation is 1. The third-order valence-electron chi connectivity index (χ3n) is 4.67. The molecule has 0 radical (unpaired) electrons. The van der Waals surface area contributed by atoms with E-state index in [1.807, 2.05) is 89.2 Å². The van der Waals surface area contributed by atoms with Crippen LogP contribution in [0.3, 0.4) is 0 Å². The highest BCUT2D eigenvalue weighted by Gasteiger charge is 2.31. The number of hydrogen-bond donors (Lipinski definition) is 1. The Morgan fingerprint density at radius 3 is 2.18 bits per heavy atom. The number of amides is 2.